The summed E-state index contributed by atoms with van der Waals surface area (Å²) in [7, 11) is 0. The third-order valence-electron chi connectivity index (χ3n) is 3.91. The number of nitrogens with one attached hydrogen (secondary N) is 3. The molecule has 3 rings (SSSR count). The first-order valence-corrected chi connectivity index (χ1v) is 9.65. The summed E-state index contributed by atoms with van der Waals surface area (Å²) < 4.78 is 0.934. The van der Waals surface area contributed by atoms with E-state index < -0.39 is 0 Å². The van der Waals surface area contributed by atoms with E-state index in [4.69, 9.17) is 0 Å². The van der Waals surface area contributed by atoms with E-state index >= 15 is 0 Å². The van der Waals surface area contributed by atoms with Crippen LogP contribution in [0.5, 0.6) is 0 Å². The lowest BCUT2D eigenvalue weighted by molar-refractivity contribution is 0.102. The van der Waals surface area contributed by atoms with Crippen LogP contribution in [0.15, 0.2) is 48.5 Å². The Morgan fingerprint density at radius 1 is 1.07 bits per heavy atom. The van der Waals surface area contributed by atoms with E-state index in [1.54, 1.807) is 18.2 Å². The number of hydrogen-bond acceptors (Lipinski definition) is 4. The Labute approximate surface area is 162 Å². The van der Waals surface area contributed by atoms with Gasteiger partial charge < -0.3 is 10.6 Å². The van der Waals surface area contributed by atoms with E-state index in [-0.39, 0.29) is 11.9 Å². The predicted octanol–water partition coefficient (Wildman–Crippen LogP) is 4.72. The number of rotatable bonds is 6. The average molecular weight is 382 g/mol. The molecule has 0 aliphatic heterocycles. The summed E-state index contributed by atoms with van der Waals surface area (Å²) in [6.07, 6.45) is 0.934. The van der Waals surface area contributed by atoms with Crippen LogP contribution in [-0.2, 0) is 0 Å². The first-order chi connectivity index (χ1) is 13.0. The maximum absolute atomic E-state index is 12.2. The summed E-state index contributed by atoms with van der Waals surface area (Å²) in [5.74, 6) is 0.346. The van der Waals surface area contributed by atoms with Crippen molar-refractivity contribution in [2.75, 3.05) is 17.2 Å². The zero-order valence-corrected chi connectivity index (χ0v) is 16.1. The van der Waals surface area contributed by atoms with Crippen LogP contribution < -0.4 is 16.0 Å². The first-order valence-electron chi connectivity index (χ1n) is 8.83. The molecule has 1 aromatic heterocycles. The maximum atomic E-state index is 12.2. The highest BCUT2D eigenvalue weighted by atomic mass is 32.1. The van der Waals surface area contributed by atoms with Gasteiger partial charge in [0.25, 0.3) is 5.91 Å². The van der Waals surface area contributed by atoms with Crippen molar-refractivity contribution >= 4 is 44.3 Å². The number of urea groups is 1. The number of amides is 3. The second-order valence-corrected chi connectivity index (χ2v) is 7.62. The highest BCUT2D eigenvalue weighted by Gasteiger charge is 2.10. The molecular weight excluding hydrogens is 360 g/mol. The minimum atomic E-state index is -0.233. The molecule has 6 nitrogen and oxygen atoms in total. The molecule has 0 aliphatic rings. The molecule has 0 aliphatic carbocycles. The van der Waals surface area contributed by atoms with Crippen molar-refractivity contribution in [1.29, 1.82) is 0 Å². The van der Waals surface area contributed by atoms with Crippen LogP contribution in [0.3, 0.4) is 0 Å². The van der Waals surface area contributed by atoms with E-state index in [0.717, 1.165) is 16.6 Å². The Kier molecular flexibility index (Phi) is 6.03. The van der Waals surface area contributed by atoms with Crippen molar-refractivity contribution in [2.24, 2.45) is 5.92 Å². The normalized spacial score (nSPS) is 10.8. The molecular formula is C20H22N4O2S. The molecule has 3 amide bonds. The standard InChI is InChI=1S/C20H22N4O2S/c1-13(2)10-11-21-19(26)22-15-8-9-17-16(12-15)23-20(27-17)24-18(25)14-6-4-3-5-7-14/h3-9,12-13H,10-11H2,1-2H3,(H2,21,22,26)(H,23,24,25). The van der Waals surface area contributed by atoms with Gasteiger partial charge in [0.15, 0.2) is 5.13 Å². The van der Waals surface area contributed by atoms with Crippen LogP contribution in [0.25, 0.3) is 10.2 Å². The van der Waals surface area contributed by atoms with Crippen molar-refractivity contribution in [2.45, 2.75) is 20.3 Å². The molecule has 0 atom stereocenters. The zero-order valence-electron chi connectivity index (χ0n) is 15.3. The quantitative estimate of drug-likeness (QED) is 0.577. The van der Waals surface area contributed by atoms with E-state index in [2.05, 4.69) is 34.8 Å². The number of anilines is 2. The predicted molar refractivity (Wildman–Crippen MR) is 110 cm³/mol. The van der Waals surface area contributed by atoms with Crippen molar-refractivity contribution in [1.82, 2.24) is 10.3 Å². The molecule has 0 saturated carbocycles. The molecule has 7 heteroatoms. The Morgan fingerprint density at radius 2 is 1.85 bits per heavy atom. The van der Waals surface area contributed by atoms with Gasteiger partial charge in [-0.2, -0.15) is 0 Å². The van der Waals surface area contributed by atoms with Crippen LogP contribution in [0, 0.1) is 5.92 Å². The van der Waals surface area contributed by atoms with Gasteiger partial charge in [0.2, 0.25) is 0 Å². The van der Waals surface area contributed by atoms with Gasteiger partial charge in [-0.25, -0.2) is 9.78 Å². The molecule has 0 unspecified atom stereocenters. The SMILES string of the molecule is CC(C)CCNC(=O)Nc1ccc2sc(NC(=O)c3ccccc3)nc2c1. The lowest BCUT2D eigenvalue weighted by atomic mass is 10.1. The van der Waals surface area contributed by atoms with Crippen LogP contribution in [0.2, 0.25) is 0 Å². The van der Waals surface area contributed by atoms with Gasteiger partial charge >= 0.3 is 6.03 Å². The summed E-state index contributed by atoms with van der Waals surface area (Å²) in [5.41, 5.74) is 1.97. The minimum Gasteiger partial charge on any atom is -0.338 e. The Hall–Kier alpha value is -2.93. The number of carbonyl (C=O) groups excluding carboxylic acids is 2. The monoisotopic (exact) mass is 382 g/mol. The number of benzene rings is 2. The van der Waals surface area contributed by atoms with Crippen LogP contribution in [-0.4, -0.2) is 23.5 Å². The van der Waals surface area contributed by atoms with Gasteiger partial charge in [-0.1, -0.05) is 43.4 Å². The van der Waals surface area contributed by atoms with Gasteiger partial charge in [-0.05, 0) is 42.7 Å². The lowest BCUT2D eigenvalue weighted by Crippen LogP contribution is -2.30. The summed E-state index contributed by atoms with van der Waals surface area (Å²) in [4.78, 5) is 28.6. The minimum absolute atomic E-state index is 0.197. The van der Waals surface area contributed by atoms with E-state index in [1.165, 1.54) is 11.3 Å². The second-order valence-electron chi connectivity index (χ2n) is 6.59. The van der Waals surface area contributed by atoms with Gasteiger partial charge in [-0.15, -0.1) is 0 Å². The van der Waals surface area contributed by atoms with Crippen LogP contribution >= 0.6 is 11.3 Å². The topological polar surface area (TPSA) is 83.1 Å². The second kappa shape index (κ2) is 8.64. The molecule has 0 spiro atoms. The first kappa shape index (κ1) is 18.8. The summed E-state index contributed by atoms with van der Waals surface area (Å²) >= 11 is 1.39. The highest BCUT2D eigenvalue weighted by Crippen LogP contribution is 2.28. The third kappa shape index (κ3) is 5.27. The zero-order chi connectivity index (χ0) is 19.2. The average Bonchev–Trinajstić information content (AvgIpc) is 3.03. The summed E-state index contributed by atoms with van der Waals surface area (Å²) in [6.45, 7) is 4.87. The summed E-state index contributed by atoms with van der Waals surface area (Å²) in [5, 5.41) is 8.99. The van der Waals surface area contributed by atoms with Gasteiger partial charge in [0.1, 0.15) is 0 Å². The van der Waals surface area contributed by atoms with Gasteiger partial charge in [0.05, 0.1) is 10.2 Å². The molecule has 27 heavy (non-hydrogen) atoms. The highest BCUT2D eigenvalue weighted by molar-refractivity contribution is 7.22. The van der Waals surface area contributed by atoms with Gasteiger partial charge in [-0.3, -0.25) is 10.1 Å². The van der Waals surface area contributed by atoms with Crippen molar-refractivity contribution in [3.8, 4) is 0 Å². The maximum Gasteiger partial charge on any atom is 0.319 e. The van der Waals surface area contributed by atoms with Crippen molar-refractivity contribution < 1.29 is 9.59 Å². The van der Waals surface area contributed by atoms with Crippen LogP contribution in [0.4, 0.5) is 15.6 Å². The molecule has 0 bridgehead atoms. The van der Waals surface area contributed by atoms with Crippen LogP contribution in [0.1, 0.15) is 30.6 Å². The van der Waals surface area contributed by atoms with Crippen molar-refractivity contribution in [3.05, 3.63) is 54.1 Å². The lowest BCUT2D eigenvalue weighted by Gasteiger charge is -2.08. The van der Waals surface area contributed by atoms with E-state index in [1.807, 2.05) is 30.3 Å². The largest absolute Gasteiger partial charge is 0.338 e. The molecule has 140 valence electrons. The van der Waals surface area contributed by atoms with E-state index in [9.17, 15) is 9.59 Å². The molecule has 1 heterocycles. The van der Waals surface area contributed by atoms with Gasteiger partial charge in [0, 0.05) is 17.8 Å². The third-order valence-corrected chi connectivity index (χ3v) is 4.86. The Morgan fingerprint density at radius 3 is 2.59 bits per heavy atom. The Balaban J connectivity index is 1.64. The fourth-order valence-electron chi connectivity index (χ4n) is 2.47. The molecule has 3 aromatic rings. The number of hydrogen-bond donors (Lipinski definition) is 3. The molecule has 0 radical (unpaired) electrons. The number of fused-ring (bicyclic) bond motifs is 1. The molecule has 0 saturated heterocycles. The summed E-state index contributed by atoms with van der Waals surface area (Å²) in [6, 6.07) is 14.3. The number of thiazole rings is 1. The number of carbonyl (C=O) groups is 2. The fraction of sp³-hybridized carbons (Fsp3) is 0.250. The van der Waals surface area contributed by atoms with Crippen molar-refractivity contribution in [3.63, 3.8) is 0 Å². The molecule has 0 fully saturated rings. The Bertz CT molecular complexity index is 938. The number of aromatic nitrogens is 1. The number of nitrogens with zero attached hydrogens (tertiary/aromatic N) is 1. The molecule has 3 N–H and O–H groups in total. The fourth-order valence-corrected chi connectivity index (χ4v) is 3.31. The van der Waals surface area contributed by atoms with E-state index in [0.29, 0.717) is 28.8 Å². The molecule has 2 aromatic carbocycles. The smallest absolute Gasteiger partial charge is 0.319 e.